The van der Waals surface area contributed by atoms with Crippen LogP contribution in [-0.4, -0.2) is 132 Å². The molecule has 17 heteroatoms. The molecule has 2 fully saturated rings. The van der Waals surface area contributed by atoms with Crippen LogP contribution in [0.25, 0.3) is 0 Å². The van der Waals surface area contributed by atoms with Crippen LogP contribution < -0.4 is 0 Å². The zero-order chi connectivity index (χ0) is 28.4. The SMILES string of the molecule is CC(=O)OC[C@H]1O[C@@H](O/N=[N+](\[O-])N2CCN(CC(O)CO)CC2)[C@H](OC(C)=O)[C@@H](OC(C)=O)[C@@H]1OC(C)=O. The van der Waals surface area contributed by atoms with Crippen LogP contribution in [0.4, 0.5) is 0 Å². The Morgan fingerprint density at radius 3 is 2.03 bits per heavy atom. The van der Waals surface area contributed by atoms with Crippen LogP contribution in [-0.2, 0) is 47.7 Å². The molecular formula is C21H34N4O13. The van der Waals surface area contributed by atoms with E-state index in [4.69, 9.17) is 33.6 Å². The number of rotatable bonds is 11. The van der Waals surface area contributed by atoms with Crippen LogP contribution in [0.3, 0.4) is 0 Å². The van der Waals surface area contributed by atoms with Crippen molar-refractivity contribution in [2.75, 3.05) is 45.9 Å². The van der Waals surface area contributed by atoms with Gasteiger partial charge >= 0.3 is 23.9 Å². The van der Waals surface area contributed by atoms with Crippen molar-refractivity contribution in [2.45, 2.75) is 64.5 Å². The van der Waals surface area contributed by atoms with Crippen molar-refractivity contribution in [2.24, 2.45) is 5.28 Å². The summed E-state index contributed by atoms with van der Waals surface area (Å²) in [6, 6.07) is 0. The van der Waals surface area contributed by atoms with Gasteiger partial charge in [-0.3, -0.25) is 24.1 Å². The first-order chi connectivity index (χ1) is 17.9. The van der Waals surface area contributed by atoms with Crippen molar-refractivity contribution in [3.8, 4) is 0 Å². The third kappa shape index (κ3) is 9.55. The standard InChI is InChI=1S/C21H34N4O13/c1-12(27)33-11-17-18(34-13(2)28)19(35-14(3)29)20(36-15(4)30)21(37-17)38-22-25(32)24-7-5-23(6-8-24)9-16(31)10-26/h16-21,26,31H,5-11H2,1-4H3/b25-22-/t16?,17-,18-,19+,20-,21+/m1/s1. The van der Waals surface area contributed by atoms with Gasteiger partial charge in [-0.2, -0.15) is 0 Å². The lowest BCUT2D eigenvalue weighted by molar-refractivity contribution is -0.716. The monoisotopic (exact) mass is 550 g/mol. The van der Waals surface area contributed by atoms with Crippen molar-refractivity contribution in [1.82, 2.24) is 9.91 Å². The van der Waals surface area contributed by atoms with E-state index in [1.165, 1.54) is 5.01 Å². The number of aliphatic hydroxyl groups excluding tert-OH is 2. The number of hydrazine groups is 1. The second-order valence-corrected chi connectivity index (χ2v) is 8.60. The molecule has 0 aromatic heterocycles. The van der Waals surface area contributed by atoms with E-state index in [0.29, 0.717) is 13.1 Å². The minimum Gasteiger partial charge on any atom is -0.569 e. The van der Waals surface area contributed by atoms with Crippen LogP contribution in [0.15, 0.2) is 5.28 Å². The van der Waals surface area contributed by atoms with E-state index in [9.17, 15) is 29.5 Å². The van der Waals surface area contributed by atoms with E-state index in [1.54, 1.807) is 0 Å². The molecule has 0 amide bonds. The molecule has 17 nitrogen and oxygen atoms in total. The second-order valence-electron chi connectivity index (χ2n) is 8.60. The maximum Gasteiger partial charge on any atom is 0.303 e. The number of nitrogens with zero attached hydrogens (tertiary/aromatic N) is 4. The number of carbonyl (C=O) groups is 4. The summed E-state index contributed by atoms with van der Waals surface area (Å²) < 4.78 is 26.4. The fourth-order valence-electron chi connectivity index (χ4n) is 3.86. The summed E-state index contributed by atoms with van der Waals surface area (Å²) in [6.45, 7) is 4.98. The number of carbonyl (C=O) groups excluding carboxylic acids is 4. The van der Waals surface area contributed by atoms with Crippen LogP contribution >= 0.6 is 0 Å². The number of ether oxygens (including phenoxy) is 5. The van der Waals surface area contributed by atoms with Crippen molar-refractivity contribution >= 4 is 23.9 Å². The summed E-state index contributed by atoms with van der Waals surface area (Å²) in [5.74, 6) is -3.11. The molecule has 216 valence electrons. The average molecular weight is 551 g/mol. The van der Waals surface area contributed by atoms with Crippen LogP contribution in [0, 0.1) is 5.21 Å². The Kier molecular flexibility index (Phi) is 11.9. The van der Waals surface area contributed by atoms with Gasteiger partial charge in [0.25, 0.3) is 6.29 Å². The van der Waals surface area contributed by atoms with Crippen molar-refractivity contribution in [3.05, 3.63) is 5.21 Å². The first-order valence-electron chi connectivity index (χ1n) is 11.8. The van der Waals surface area contributed by atoms with Gasteiger partial charge in [0.2, 0.25) is 11.4 Å². The van der Waals surface area contributed by atoms with E-state index in [0.717, 1.165) is 27.7 Å². The summed E-state index contributed by atoms with van der Waals surface area (Å²) in [4.78, 5) is 54.1. The Balaban J connectivity index is 2.24. The van der Waals surface area contributed by atoms with Gasteiger partial charge in [0.05, 0.1) is 30.8 Å². The Labute approximate surface area is 218 Å². The molecule has 2 saturated heterocycles. The predicted molar refractivity (Wildman–Crippen MR) is 120 cm³/mol. The lowest BCUT2D eigenvalue weighted by atomic mass is 9.98. The number of hydrogen-bond donors (Lipinski definition) is 2. The molecule has 0 bridgehead atoms. The predicted octanol–water partition coefficient (Wildman–Crippen LogP) is -2.15. The summed E-state index contributed by atoms with van der Waals surface area (Å²) >= 11 is 0. The molecule has 1 unspecified atom stereocenters. The smallest absolute Gasteiger partial charge is 0.303 e. The normalized spacial score (nSPS) is 27.2. The van der Waals surface area contributed by atoms with Gasteiger partial charge < -0.3 is 43.9 Å². The molecule has 0 aromatic rings. The summed E-state index contributed by atoms with van der Waals surface area (Å²) in [5, 5.41) is 35.9. The van der Waals surface area contributed by atoms with E-state index >= 15 is 0 Å². The Morgan fingerprint density at radius 1 is 0.947 bits per heavy atom. The van der Waals surface area contributed by atoms with Crippen molar-refractivity contribution in [1.29, 1.82) is 0 Å². The Hall–Kier alpha value is -3.28. The molecule has 38 heavy (non-hydrogen) atoms. The van der Waals surface area contributed by atoms with Gasteiger partial charge in [0.1, 0.15) is 12.7 Å². The molecule has 0 radical (unpaired) electrons. The number of hydrogen-bond acceptors (Lipinski definition) is 15. The number of aliphatic hydroxyl groups is 2. The largest absolute Gasteiger partial charge is 0.569 e. The maximum absolute atomic E-state index is 12.6. The van der Waals surface area contributed by atoms with E-state index in [1.807, 2.05) is 4.90 Å². The van der Waals surface area contributed by atoms with Crippen LogP contribution in [0.2, 0.25) is 0 Å². The highest BCUT2D eigenvalue weighted by Gasteiger charge is 2.54. The highest BCUT2D eigenvalue weighted by molar-refractivity contribution is 5.68. The lowest BCUT2D eigenvalue weighted by Gasteiger charge is -2.42. The van der Waals surface area contributed by atoms with Gasteiger partial charge in [0, 0.05) is 47.3 Å². The summed E-state index contributed by atoms with van der Waals surface area (Å²) in [5.41, 5.74) is 0. The topological polar surface area (TPSA) is 209 Å². The van der Waals surface area contributed by atoms with E-state index in [-0.39, 0.29) is 31.2 Å². The van der Waals surface area contributed by atoms with Crippen LogP contribution in [0.5, 0.6) is 0 Å². The van der Waals surface area contributed by atoms with E-state index < -0.39 is 67.3 Å². The second kappa shape index (κ2) is 14.6. The molecule has 2 aliphatic rings. The van der Waals surface area contributed by atoms with Crippen LogP contribution in [0.1, 0.15) is 27.7 Å². The summed E-state index contributed by atoms with van der Waals surface area (Å²) in [7, 11) is 0. The Morgan fingerprint density at radius 2 is 1.50 bits per heavy atom. The molecule has 6 atom stereocenters. The molecule has 2 aliphatic heterocycles. The molecule has 0 saturated carbocycles. The first-order valence-corrected chi connectivity index (χ1v) is 11.8. The average Bonchev–Trinajstić information content (AvgIpc) is 2.83. The molecular weight excluding hydrogens is 516 g/mol. The number of piperazine rings is 1. The van der Waals surface area contributed by atoms with Gasteiger partial charge in [-0.25, -0.2) is 0 Å². The fraction of sp³-hybridized carbons (Fsp3) is 0.810. The van der Waals surface area contributed by atoms with E-state index in [2.05, 4.69) is 5.28 Å². The third-order valence-corrected chi connectivity index (χ3v) is 5.44. The molecule has 0 aromatic carbocycles. The lowest BCUT2D eigenvalue weighted by Crippen LogP contribution is -2.62. The third-order valence-electron chi connectivity index (χ3n) is 5.44. The summed E-state index contributed by atoms with van der Waals surface area (Å²) in [6.07, 6.45) is -8.14. The first kappa shape index (κ1) is 30.9. The maximum atomic E-state index is 12.6. The molecule has 0 aliphatic carbocycles. The minimum atomic E-state index is -1.63. The fourth-order valence-corrected chi connectivity index (χ4v) is 3.86. The molecule has 2 heterocycles. The van der Waals surface area contributed by atoms with Crippen molar-refractivity contribution < 1.29 is 62.9 Å². The van der Waals surface area contributed by atoms with Gasteiger partial charge in [0.15, 0.2) is 12.2 Å². The number of esters is 4. The van der Waals surface area contributed by atoms with Crippen molar-refractivity contribution in [3.63, 3.8) is 0 Å². The van der Waals surface area contributed by atoms with Gasteiger partial charge in [-0.15, -0.1) is 5.01 Å². The highest BCUT2D eigenvalue weighted by Crippen LogP contribution is 2.30. The zero-order valence-electron chi connectivity index (χ0n) is 21.6. The molecule has 0 spiro atoms. The highest BCUT2D eigenvalue weighted by atomic mass is 16.8. The quantitative estimate of drug-likeness (QED) is 0.0923. The number of β-amino-alcohol motifs (C(OH)–C–C–N with tert-alkyl or cyclic N) is 1. The van der Waals surface area contributed by atoms with Gasteiger partial charge in [-0.1, -0.05) is 0 Å². The molecule has 2 rings (SSSR count). The van der Waals surface area contributed by atoms with Gasteiger partial charge in [-0.05, 0) is 0 Å². The zero-order valence-corrected chi connectivity index (χ0v) is 21.6. The molecule has 2 N–H and O–H groups in total. The Bertz CT molecular complexity index is 864. The minimum absolute atomic E-state index is 0.161.